The Bertz CT molecular complexity index is 726. The molecule has 0 bridgehead atoms. The second-order valence-corrected chi connectivity index (χ2v) is 7.18. The Labute approximate surface area is 129 Å². The first-order valence-corrected chi connectivity index (χ1v) is 8.61. The molecule has 1 amide bonds. The van der Waals surface area contributed by atoms with Gasteiger partial charge in [-0.15, -0.1) is 0 Å². The molecule has 1 fully saturated rings. The first-order valence-electron chi connectivity index (χ1n) is 7.13. The molecule has 3 rings (SSSR count). The van der Waals surface area contributed by atoms with E-state index in [1.165, 1.54) is 12.1 Å². The molecule has 6 nitrogen and oxygen atoms in total. The molecule has 22 heavy (non-hydrogen) atoms. The summed E-state index contributed by atoms with van der Waals surface area (Å²) < 4.78 is 26.2. The monoisotopic (exact) mass is 319 g/mol. The van der Waals surface area contributed by atoms with Crippen LogP contribution in [-0.2, 0) is 14.8 Å². The summed E-state index contributed by atoms with van der Waals surface area (Å²) in [5.74, 6) is 0.509. The van der Waals surface area contributed by atoms with Crippen molar-refractivity contribution in [1.82, 2.24) is 10.1 Å². The molecular formula is C15H17N3O3S. The standard InChI is InChI=1S/C15H17N3O3S/c19-15(18-17-14-9-11-5-4-8-13(11)14)10-16-22(20,21)12-6-2-1-3-7-12/h1-7,11,13,16H,8-10H2,(H,18,19)/b17-14-/t11-,13-/m0/s1. The van der Waals surface area contributed by atoms with Gasteiger partial charge in [0.05, 0.1) is 11.4 Å². The smallest absolute Gasteiger partial charge is 0.255 e. The molecule has 2 N–H and O–H groups in total. The average Bonchev–Trinajstić information content (AvgIpc) is 2.88. The molecule has 0 aliphatic heterocycles. The number of hydrogen-bond donors (Lipinski definition) is 2. The van der Waals surface area contributed by atoms with E-state index in [0.29, 0.717) is 11.8 Å². The van der Waals surface area contributed by atoms with Crippen molar-refractivity contribution in [3.8, 4) is 0 Å². The molecule has 116 valence electrons. The normalized spacial score (nSPS) is 24.8. The predicted octanol–water partition coefficient (Wildman–Crippen LogP) is 1.03. The number of benzene rings is 1. The van der Waals surface area contributed by atoms with Gasteiger partial charge in [-0.1, -0.05) is 30.4 Å². The van der Waals surface area contributed by atoms with Gasteiger partial charge in [-0.3, -0.25) is 4.79 Å². The second-order valence-electron chi connectivity index (χ2n) is 5.41. The van der Waals surface area contributed by atoms with E-state index in [0.717, 1.165) is 18.6 Å². The van der Waals surface area contributed by atoms with Crippen molar-refractivity contribution < 1.29 is 13.2 Å². The van der Waals surface area contributed by atoms with Crippen LogP contribution in [0.5, 0.6) is 0 Å². The average molecular weight is 319 g/mol. The van der Waals surface area contributed by atoms with Crippen LogP contribution in [0.15, 0.2) is 52.5 Å². The minimum absolute atomic E-state index is 0.132. The van der Waals surface area contributed by atoms with Gasteiger partial charge in [-0.05, 0) is 30.9 Å². The van der Waals surface area contributed by atoms with Gasteiger partial charge in [-0.25, -0.2) is 18.6 Å². The number of hydrazone groups is 1. The van der Waals surface area contributed by atoms with Crippen molar-refractivity contribution in [3.63, 3.8) is 0 Å². The maximum atomic E-state index is 12.0. The number of carbonyl (C=O) groups excluding carboxylic acids is 1. The summed E-state index contributed by atoms with van der Waals surface area (Å²) in [7, 11) is -3.67. The Morgan fingerprint density at radius 3 is 2.77 bits per heavy atom. The van der Waals surface area contributed by atoms with Gasteiger partial charge in [0.2, 0.25) is 10.0 Å². The zero-order valence-corrected chi connectivity index (χ0v) is 12.7. The quantitative estimate of drug-likeness (QED) is 0.628. The summed E-state index contributed by atoms with van der Waals surface area (Å²) in [6.07, 6.45) is 6.16. The molecule has 0 unspecified atom stereocenters. The van der Waals surface area contributed by atoms with Crippen LogP contribution in [0.4, 0.5) is 0 Å². The molecule has 7 heteroatoms. The highest BCUT2D eigenvalue weighted by Crippen LogP contribution is 2.39. The highest BCUT2D eigenvalue weighted by Gasteiger charge is 2.37. The number of carbonyl (C=O) groups is 1. The van der Waals surface area contributed by atoms with E-state index in [1.54, 1.807) is 18.2 Å². The number of fused-ring (bicyclic) bond motifs is 1. The summed E-state index contributed by atoms with van der Waals surface area (Å²) in [4.78, 5) is 11.8. The minimum Gasteiger partial charge on any atom is -0.272 e. The van der Waals surface area contributed by atoms with Crippen molar-refractivity contribution in [2.24, 2.45) is 16.9 Å². The van der Waals surface area contributed by atoms with E-state index in [9.17, 15) is 13.2 Å². The molecule has 1 aromatic rings. The zero-order valence-electron chi connectivity index (χ0n) is 11.9. The summed E-state index contributed by atoms with van der Waals surface area (Å²) in [5.41, 5.74) is 3.40. The van der Waals surface area contributed by atoms with Gasteiger partial charge in [0.15, 0.2) is 0 Å². The lowest BCUT2D eigenvalue weighted by molar-refractivity contribution is -0.119. The van der Waals surface area contributed by atoms with E-state index in [-0.39, 0.29) is 11.4 Å². The number of amides is 1. The van der Waals surface area contributed by atoms with E-state index in [1.807, 2.05) is 0 Å². The third kappa shape index (κ3) is 3.10. The van der Waals surface area contributed by atoms with Crippen LogP contribution in [0.3, 0.4) is 0 Å². The van der Waals surface area contributed by atoms with Crippen LogP contribution in [0.25, 0.3) is 0 Å². The topological polar surface area (TPSA) is 87.6 Å². The fourth-order valence-corrected chi connectivity index (χ4v) is 3.68. The fourth-order valence-electron chi connectivity index (χ4n) is 2.68. The molecule has 0 radical (unpaired) electrons. The Hall–Kier alpha value is -1.99. The number of allylic oxidation sites excluding steroid dienone is 2. The molecule has 0 heterocycles. The number of sulfonamides is 1. The van der Waals surface area contributed by atoms with Crippen molar-refractivity contribution in [2.75, 3.05) is 6.54 Å². The Morgan fingerprint density at radius 2 is 2.05 bits per heavy atom. The molecular weight excluding hydrogens is 302 g/mol. The van der Waals surface area contributed by atoms with Crippen LogP contribution >= 0.6 is 0 Å². The molecule has 2 aliphatic carbocycles. The van der Waals surface area contributed by atoms with Crippen molar-refractivity contribution in [1.29, 1.82) is 0 Å². The Kier molecular flexibility index (Phi) is 4.08. The van der Waals surface area contributed by atoms with E-state index in [4.69, 9.17) is 0 Å². The van der Waals surface area contributed by atoms with Gasteiger partial charge in [-0.2, -0.15) is 5.10 Å². The van der Waals surface area contributed by atoms with Crippen LogP contribution in [-0.4, -0.2) is 26.6 Å². The summed E-state index contributed by atoms with van der Waals surface area (Å²) in [6.45, 7) is -0.333. The lowest BCUT2D eigenvalue weighted by Gasteiger charge is -2.31. The van der Waals surface area contributed by atoms with Gasteiger partial charge < -0.3 is 0 Å². The molecule has 1 saturated carbocycles. The van der Waals surface area contributed by atoms with Gasteiger partial charge in [0.1, 0.15) is 0 Å². The Balaban J connectivity index is 1.50. The van der Waals surface area contributed by atoms with E-state index in [2.05, 4.69) is 27.4 Å². The largest absolute Gasteiger partial charge is 0.272 e. The van der Waals surface area contributed by atoms with Crippen molar-refractivity contribution >= 4 is 21.6 Å². The van der Waals surface area contributed by atoms with Gasteiger partial charge >= 0.3 is 0 Å². The number of rotatable bonds is 5. The molecule has 1 aromatic carbocycles. The third-order valence-electron chi connectivity index (χ3n) is 3.96. The highest BCUT2D eigenvalue weighted by atomic mass is 32.2. The van der Waals surface area contributed by atoms with Crippen LogP contribution < -0.4 is 10.1 Å². The lowest BCUT2D eigenvalue weighted by atomic mass is 9.74. The maximum absolute atomic E-state index is 12.0. The van der Waals surface area contributed by atoms with E-state index < -0.39 is 15.9 Å². The van der Waals surface area contributed by atoms with Gasteiger partial charge in [0, 0.05) is 11.6 Å². The minimum atomic E-state index is -3.67. The van der Waals surface area contributed by atoms with Crippen molar-refractivity contribution in [3.05, 3.63) is 42.5 Å². The predicted molar refractivity (Wildman–Crippen MR) is 82.6 cm³/mol. The van der Waals surface area contributed by atoms with Crippen LogP contribution in [0.2, 0.25) is 0 Å². The highest BCUT2D eigenvalue weighted by molar-refractivity contribution is 7.89. The molecule has 0 saturated heterocycles. The number of nitrogens with one attached hydrogen (secondary N) is 2. The lowest BCUT2D eigenvalue weighted by Crippen LogP contribution is -2.38. The summed E-state index contributed by atoms with van der Waals surface area (Å²) in [6, 6.07) is 7.93. The maximum Gasteiger partial charge on any atom is 0.255 e. The van der Waals surface area contributed by atoms with Gasteiger partial charge in [0.25, 0.3) is 5.91 Å². The number of hydrogen-bond acceptors (Lipinski definition) is 4. The fraction of sp³-hybridized carbons (Fsp3) is 0.333. The summed E-state index contributed by atoms with van der Waals surface area (Å²) in [5, 5.41) is 4.09. The molecule has 2 aliphatic rings. The second kappa shape index (κ2) is 6.02. The molecule has 2 atom stereocenters. The van der Waals surface area contributed by atoms with E-state index >= 15 is 0 Å². The molecule has 0 aromatic heterocycles. The first kappa shape index (κ1) is 14.9. The molecule has 0 spiro atoms. The number of nitrogens with zero attached hydrogens (tertiary/aromatic N) is 1. The zero-order chi connectivity index (χ0) is 15.6. The first-order chi connectivity index (χ1) is 10.6. The van der Waals surface area contributed by atoms with Crippen LogP contribution in [0.1, 0.15) is 12.8 Å². The van der Waals surface area contributed by atoms with Crippen LogP contribution in [0, 0.1) is 11.8 Å². The Morgan fingerprint density at radius 1 is 1.27 bits per heavy atom. The third-order valence-corrected chi connectivity index (χ3v) is 5.38. The SMILES string of the molecule is O=C(CNS(=O)(=O)c1ccccc1)N/N=C1/C[C@@H]2C=CC[C@H]12. The summed E-state index contributed by atoms with van der Waals surface area (Å²) >= 11 is 0. The van der Waals surface area contributed by atoms with Crippen molar-refractivity contribution in [2.45, 2.75) is 17.7 Å².